The minimum absolute atomic E-state index is 0.0690. The first kappa shape index (κ1) is 24.3. The Labute approximate surface area is 206 Å². The number of aromatic amines is 1. The number of H-pyrrole nitrogens is 1. The summed E-state index contributed by atoms with van der Waals surface area (Å²) in [4.78, 5) is 38.4. The number of nitrogens with one attached hydrogen (secondary N) is 2. The highest BCUT2D eigenvalue weighted by Crippen LogP contribution is 2.49. The molecule has 2 aromatic carbocycles. The Kier molecular flexibility index (Phi) is 6.69. The number of carbonyl (C=O) groups excluding carboxylic acids is 3. The van der Waals surface area contributed by atoms with Crippen molar-refractivity contribution in [1.82, 2.24) is 10.3 Å². The Balaban J connectivity index is 1.22. The second kappa shape index (κ2) is 9.91. The van der Waals surface area contributed by atoms with Crippen molar-refractivity contribution < 1.29 is 27.6 Å². The van der Waals surface area contributed by atoms with Gasteiger partial charge in [0.25, 0.3) is 0 Å². The number of hydrogen-bond acceptors (Lipinski definition) is 3. The number of carbonyl (C=O) groups is 3. The van der Waals surface area contributed by atoms with E-state index in [0.717, 1.165) is 37.3 Å². The minimum Gasteiger partial charge on any atom is -0.352 e. The van der Waals surface area contributed by atoms with Gasteiger partial charge in [-0.1, -0.05) is 0 Å². The Bertz CT molecular complexity index is 1310. The molecule has 2 N–H and O–H groups in total. The van der Waals surface area contributed by atoms with E-state index in [2.05, 4.69) is 10.3 Å². The van der Waals surface area contributed by atoms with Gasteiger partial charge in [0, 0.05) is 37.1 Å². The smallest absolute Gasteiger partial charge is 0.226 e. The summed E-state index contributed by atoms with van der Waals surface area (Å²) in [6.07, 6.45) is 4.36. The molecular formula is C28H27F3N2O3. The summed E-state index contributed by atoms with van der Waals surface area (Å²) in [5.41, 5.74) is 2.49. The maximum Gasteiger partial charge on any atom is 0.226 e. The average molecular weight is 497 g/mol. The number of rotatable bonds is 8. The molecule has 1 aliphatic heterocycles. The number of amides is 2. The second-order valence-electron chi connectivity index (χ2n) is 10.1. The fourth-order valence-corrected chi connectivity index (χ4v) is 5.73. The molecule has 3 aromatic rings. The lowest BCUT2D eigenvalue weighted by atomic mass is 9.68. The van der Waals surface area contributed by atoms with Crippen molar-refractivity contribution in [3.63, 3.8) is 0 Å². The lowest BCUT2D eigenvalue weighted by Gasteiger charge is -2.36. The Morgan fingerprint density at radius 2 is 1.61 bits per heavy atom. The SMILES string of the molecule is O=C(CCC[C@H]1C[C@@H](c2c(-c3ccc(F)cc3)[nH]c3c(F)cc(F)cc32)C1)CC1CC(=O)NC(=O)C1. The van der Waals surface area contributed by atoms with Gasteiger partial charge in [-0.3, -0.25) is 19.7 Å². The Morgan fingerprint density at radius 1 is 0.917 bits per heavy atom. The third-order valence-electron chi connectivity index (χ3n) is 7.45. The molecule has 36 heavy (non-hydrogen) atoms. The van der Waals surface area contributed by atoms with E-state index in [4.69, 9.17) is 0 Å². The van der Waals surface area contributed by atoms with Crippen molar-refractivity contribution >= 4 is 28.5 Å². The first-order valence-electron chi connectivity index (χ1n) is 12.4. The molecular weight excluding hydrogens is 469 g/mol. The molecule has 188 valence electrons. The number of benzene rings is 2. The predicted molar refractivity (Wildman–Crippen MR) is 128 cm³/mol. The van der Waals surface area contributed by atoms with Gasteiger partial charge in [0.15, 0.2) is 0 Å². The van der Waals surface area contributed by atoms with Gasteiger partial charge in [-0.05, 0) is 84.9 Å². The van der Waals surface area contributed by atoms with Crippen LogP contribution in [-0.2, 0) is 14.4 Å². The summed E-state index contributed by atoms with van der Waals surface area (Å²) >= 11 is 0. The summed E-state index contributed by atoms with van der Waals surface area (Å²) in [5, 5.41) is 2.77. The van der Waals surface area contributed by atoms with Crippen LogP contribution >= 0.6 is 0 Å². The Hall–Kier alpha value is -3.42. The van der Waals surface area contributed by atoms with Crippen LogP contribution in [0.5, 0.6) is 0 Å². The van der Waals surface area contributed by atoms with Crippen molar-refractivity contribution in [3.05, 3.63) is 59.4 Å². The number of ketones is 1. The van der Waals surface area contributed by atoms with Gasteiger partial charge >= 0.3 is 0 Å². The summed E-state index contributed by atoms with van der Waals surface area (Å²) in [6.45, 7) is 0. The third-order valence-corrected chi connectivity index (χ3v) is 7.45. The molecule has 2 fully saturated rings. The van der Waals surface area contributed by atoms with Crippen LogP contribution < -0.4 is 5.32 Å². The summed E-state index contributed by atoms with van der Waals surface area (Å²) in [5.74, 6) is -1.95. The molecule has 0 radical (unpaired) electrons. The lowest BCUT2D eigenvalue weighted by molar-refractivity contribution is -0.135. The standard InChI is InChI=1S/C28H27F3N2O3/c29-19-6-4-17(5-7-19)27-26(22-13-20(30)14-23(31)28(22)33-27)18-8-15(9-18)2-1-3-21(34)10-16-11-24(35)32-25(36)12-16/h4-7,13-16,18,33H,1-3,8-12H2,(H,32,35,36)/t15-,18+. The van der Waals surface area contributed by atoms with Crippen LogP contribution in [0.3, 0.4) is 0 Å². The Morgan fingerprint density at radius 3 is 2.31 bits per heavy atom. The molecule has 1 aliphatic carbocycles. The van der Waals surface area contributed by atoms with Crippen LogP contribution in [0.25, 0.3) is 22.2 Å². The number of aromatic nitrogens is 1. The molecule has 1 saturated carbocycles. The molecule has 1 saturated heterocycles. The lowest BCUT2D eigenvalue weighted by Crippen LogP contribution is -2.39. The van der Waals surface area contributed by atoms with Gasteiger partial charge in [0.05, 0.1) is 11.2 Å². The van der Waals surface area contributed by atoms with E-state index in [-0.39, 0.29) is 60.0 Å². The third kappa shape index (κ3) is 5.08. The first-order valence-corrected chi connectivity index (χ1v) is 12.4. The number of halogens is 3. The zero-order valence-electron chi connectivity index (χ0n) is 19.7. The van der Waals surface area contributed by atoms with E-state index in [1.165, 1.54) is 18.2 Å². The number of Topliss-reactive ketones (excluding diaryl/α,β-unsaturated/α-hetero) is 1. The predicted octanol–water partition coefficient (Wildman–Crippen LogP) is 5.93. The molecule has 0 spiro atoms. The van der Waals surface area contributed by atoms with Crippen molar-refractivity contribution in [1.29, 1.82) is 0 Å². The van der Waals surface area contributed by atoms with E-state index in [1.54, 1.807) is 12.1 Å². The van der Waals surface area contributed by atoms with Gasteiger partial charge in [-0.25, -0.2) is 13.2 Å². The number of hydrogen-bond donors (Lipinski definition) is 2. The molecule has 8 heteroatoms. The van der Waals surface area contributed by atoms with Crippen LogP contribution in [0, 0.1) is 29.3 Å². The van der Waals surface area contributed by atoms with Crippen LogP contribution in [0.15, 0.2) is 36.4 Å². The molecule has 0 bridgehead atoms. The zero-order chi connectivity index (χ0) is 25.4. The van der Waals surface area contributed by atoms with Gasteiger partial charge in [-0.15, -0.1) is 0 Å². The van der Waals surface area contributed by atoms with Gasteiger partial charge < -0.3 is 4.98 Å². The van der Waals surface area contributed by atoms with Crippen LogP contribution in [-0.4, -0.2) is 22.6 Å². The van der Waals surface area contributed by atoms with Crippen LogP contribution in [0.4, 0.5) is 13.2 Å². The molecule has 2 heterocycles. The normalized spacial score (nSPS) is 20.4. The summed E-state index contributed by atoms with van der Waals surface area (Å²) in [7, 11) is 0. The van der Waals surface area contributed by atoms with Crippen molar-refractivity contribution in [2.45, 2.75) is 57.3 Å². The molecule has 2 aliphatic rings. The topological polar surface area (TPSA) is 79.0 Å². The fraction of sp³-hybridized carbons (Fsp3) is 0.393. The highest BCUT2D eigenvalue weighted by molar-refractivity contribution is 5.98. The van der Waals surface area contributed by atoms with Crippen LogP contribution in [0.2, 0.25) is 0 Å². The number of piperidine rings is 1. The quantitative estimate of drug-likeness (QED) is 0.380. The molecule has 0 unspecified atom stereocenters. The van der Waals surface area contributed by atoms with Gasteiger partial charge in [0.1, 0.15) is 23.2 Å². The highest BCUT2D eigenvalue weighted by atomic mass is 19.1. The van der Waals surface area contributed by atoms with Crippen LogP contribution in [0.1, 0.15) is 62.8 Å². The van der Waals surface area contributed by atoms with Crippen molar-refractivity contribution in [2.24, 2.45) is 11.8 Å². The second-order valence-corrected chi connectivity index (χ2v) is 10.1. The van der Waals surface area contributed by atoms with E-state index in [9.17, 15) is 27.6 Å². The largest absolute Gasteiger partial charge is 0.352 e. The van der Waals surface area contributed by atoms with E-state index < -0.39 is 11.6 Å². The van der Waals surface area contributed by atoms with E-state index in [0.29, 0.717) is 29.0 Å². The van der Waals surface area contributed by atoms with E-state index >= 15 is 0 Å². The summed E-state index contributed by atoms with van der Waals surface area (Å²) in [6, 6.07) is 8.15. The fourth-order valence-electron chi connectivity index (χ4n) is 5.73. The highest BCUT2D eigenvalue weighted by Gasteiger charge is 2.34. The number of fused-ring (bicyclic) bond motifs is 1. The first-order chi connectivity index (χ1) is 17.3. The van der Waals surface area contributed by atoms with Gasteiger partial charge in [0.2, 0.25) is 11.8 Å². The summed E-state index contributed by atoms with van der Waals surface area (Å²) < 4.78 is 42.1. The average Bonchev–Trinajstić information content (AvgIpc) is 3.14. The molecule has 5 nitrogen and oxygen atoms in total. The molecule has 2 amide bonds. The number of imide groups is 1. The maximum atomic E-state index is 14.5. The minimum atomic E-state index is -0.661. The zero-order valence-corrected chi connectivity index (χ0v) is 19.7. The molecule has 0 atom stereocenters. The van der Waals surface area contributed by atoms with Gasteiger partial charge in [-0.2, -0.15) is 0 Å². The van der Waals surface area contributed by atoms with Crippen molar-refractivity contribution in [2.75, 3.05) is 0 Å². The maximum absolute atomic E-state index is 14.5. The van der Waals surface area contributed by atoms with E-state index in [1.807, 2.05) is 0 Å². The monoisotopic (exact) mass is 496 g/mol. The van der Waals surface area contributed by atoms with Crippen molar-refractivity contribution in [3.8, 4) is 11.3 Å². The molecule has 5 rings (SSSR count). The molecule has 1 aromatic heterocycles.